The van der Waals surface area contributed by atoms with Crippen LogP contribution < -0.4 is 5.32 Å². The van der Waals surface area contributed by atoms with Gasteiger partial charge in [-0.2, -0.15) is 4.31 Å². The third-order valence-corrected chi connectivity index (χ3v) is 7.45. The predicted molar refractivity (Wildman–Crippen MR) is 115 cm³/mol. The zero-order valence-electron chi connectivity index (χ0n) is 17.4. The van der Waals surface area contributed by atoms with E-state index in [1.165, 1.54) is 27.4 Å². The number of tetrazole rings is 1. The number of piperidine rings is 1. The average Bonchev–Trinajstić information content (AvgIpc) is 3.31. The lowest BCUT2D eigenvalue weighted by atomic mass is 9.98. The number of para-hydroxylation sites is 1. The molecule has 1 unspecified atom stereocenters. The Morgan fingerprint density at radius 3 is 2.45 bits per heavy atom. The van der Waals surface area contributed by atoms with E-state index in [-0.39, 0.29) is 17.3 Å². The van der Waals surface area contributed by atoms with Gasteiger partial charge < -0.3 is 5.32 Å². The van der Waals surface area contributed by atoms with Crippen LogP contribution in [0.25, 0.3) is 5.69 Å². The molecule has 1 amide bonds. The third-order valence-electron chi connectivity index (χ3n) is 5.57. The smallest absolute Gasteiger partial charge is 0.243 e. The Bertz CT molecular complexity index is 1160. The van der Waals surface area contributed by atoms with Gasteiger partial charge in [0.15, 0.2) is 0 Å². The highest BCUT2D eigenvalue weighted by molar-refractivity contribution is 7.89. The Kier molecular flexibility index (Phi) is 5.84. The second kappa shape index (κ2) is 8.56. The number of aryl methyl sites for hydroxylation is 2. The highest BCUT2D eigenvalue weighted by Crippen LogP contribution is 2.27. The summed E-state index contributed by atoms with van der Waals surface area (Å²) >= 11 is 0. The van der Waals surface area contributed by atoms with Crippen LogP contribution in [0.15, 0.2) is 53.7 Å². The molecule has 10 heteroatoms. The van der Waals surface area contributed by atoms with Gasteiger partial charge in [-0.05, 0) is 72.5 Å². The Hall–Kier alpha value is -3.11. The molecule has 2 heterocycles. The number of sulfonamides is 1. The first-order valence-electron chi connectivity index (χ1n) is 10.1. The van der Waals surface area contributed by atoms with Crippen LogP contribution in [0.1, 0.15) is 24.0 Å². The minimum Gasteiger partial charge on any atom is -0.325 e. The van der Waals surface area contributed by atoms with Crippen molar-refractivity contribution in [3.05, 3.63) is 59.9 Å². The van der Waals surface area contributed by atoms with Gasteiger partial charge >= 0.3 is 0 Å². The predicted octanol–water partition coefficient (Wildman–Crippen LogP) is 2.32. The molecule has 1 fully saturated rings. The Morgan fingerprint density at radius 1 is 1.10 bits per heavy atom. The van der Waals surface area contributed by atoms with Crippen LogP contribution in [0, 0.1) is 19.8 Å². The van der Waals surface area contributed by atoms with Crippen LogP contribution in [-0.4, -0.2) is 51.9 Å². The fourth-order valence-corrected chi connectivity index (χ4v) is 5.33. The number of nitrogens with one attached hydrogen (secondary N) is 1. The van der Waals surface area contributed by atoms with Crippen LogP contribution in [0.5, 0.6) is 0 Å². The molecule has 1 N–H and O–H groups in total. The molecule has 0 spiro atoms. The molecule has 1 aliphatic rings. The van der Waals surface area contributed by atoms with Crippen molar-refractivity contribution >= 4 is 21.6 Å². The molecule has 1 aliphatic heterocycles. The van der Waals surface area contributed by atoms with Gasteiger partial charge in [0, 0.05) is 18.8 Å². The number of carbonyl (C=O) groups is 1. The largest absolute Gasteiger partial charge is 0.325 e. The Morgan fingerprint density at radius 2 is 1.81 bits per heavy atom. The summed E-state index contributed by atoms with van der Waals surface area (Å²) in [6.07, 6.45) is 2.72. The highest BCUT2D eigenvalue weighted by Gasteiger charge is 2.33. The fourth-order valence-electron chi connectivity index (χ4n) is 3.81. The van der Waals surface area contributed by atoms with Crippen molar-refractivity contribution in [1.29, 1.82) is 0 Å². The lowest BCUT2D eigenvalue weighted by molar-refractivity contribution is -0.120. The molecule has 31 heavy (non-hydrogen) atoms. The van der Waals surface area contributed by atoms with Gasteiger partial charge in [-0.25, -0.2) is 13.1 Å². The first-order chi connectivity index (χ1) is 14.9. The molecule has 2 aromatic carbocycles. The molecule has 0 bridgehead atoms. The van der Waals surface area contributed by atoms with E-state index < -0.39 is 15.9 Å². The summed E-state index contributed by atoms with van der Waals surface area (Å²) in [6.45, 7) is 4.44. The molecular formula is C21H24N6O3S. The zero-order valence-corrected chi connectivity index (χ0v) is 18.2. The topological polar surface area (TPSA) is 110 Å². The number of rotatable bonds is 5. The zero-order chi connectivity index (χ0) is 22.0. The summed E-state index contributed by atoms with van der Waals surface area (Å²) in [5.74, 6) is -0.547. The second-order valence-corrected chi connectivity index (χ2v) is 9.64. The normalized spacial score (nSPS) is 17.4. The number of hydrogen-bond acceptors (Lipinski definition) is 6. The van der Waals surface area contributed by atoms with E-state index in [4.69, 9.17) is 0 Å². The number of benzene rings is 2. The van der Waals surface area contributed by atoms with E-state index in [1.54, 1.807) is 12.1 Å². The van der Waals surface area contributed by atoms with Gasteiger partial charge in [-0.1, -0.05) is 18.2 Å². The number of nitrogens with zero attached hydrogens (tertiary/aromatic N) is 5. The number of hydrogen-bond donors (Lipinski definition) is 1. The summed E-state index contributed by atoms with van der Waals surface area (Å²) in [5, 5.41) is 14.0. The molecule has 0 aliphatic carbocycles. The average molecular weight is 441 g/mol. The van der Waals surface area contributed by atoms with Crippen molar-refractivity contribution in [2.75, 3.05) is 18.4 Å². The number of amides is 1. The maximum absolute atomic E-state index is 13.2. The number of aromatic nitrogens is 4. The molecule has 162 valence electrons. The van der Waals surface area contributed by atoms with Crippen molar-refractivity contribution in [2.24, 2.45) is 5.92 Å². The standard InChI is InChI=1S/C21H24N6O3S/c1-15-5-3-6-16(2)20(15)23-21(28)17-7-4-12-26(13-17)31(29,30)19-10-8-18(9-11-19)27-14-22-24-25-27/h3,5-6,8-11,14,17H,4,7,12-13H2,1-2H3,(H,23,28). The van der Waals surface area contributed by atoms with Gasteiger partial charge in [-0.3, -0.25) is 4.79 Å². The highest BCUT2D eigenvalue weighted by atomic mass is 32.2. The fraction of sp³-hybridized carbons (Fsp3) is 0.333. The molecule has 1 aromatic heterocycles. The maximum atomic E-state index is 13.2. The molecule has 4 rings (SSSR count). The molecule has 0 radical (unpaired) electrons. The first kappa shape index (κ1) is 21.1. The van der Waals surface area contributed by atoms with E-state index >= 15 is 0 Å². The van der Waals surface area contributed by atoms with Crippen molar-refractivity contribution in [3.8, 4) is 5.69 Å². The summed E-state index contributed by atoms with van der Waals surface area (Å²) in [7, 11) is -3.71. The van der Waals surface area contributed by atoms with Crippen LogP contribution >= 0.6 is 0 Å². The third kappa shape index (κ3) is 4.35. The minimum absolute atomic E-state index is 0.147. The molecular weight excluding hydrogens is 416 g/mol. The summed E-state index contributed by atoms with van der Waals surface area (Å²) < 4.78 is 29.2. The minimum atomic E-state index is -3.71. The second-order valence-electron chi connectivity index (χ2n) is 7.71. The number of carbonyl (C=O) groups excluding carboxylic acids is 1. The molecule has 0 saturated carbocycles. The quantitative estimate of drug-likeness (QED) is 0.652. The molecule has 1 saturated heterocycles. The molecule has 9 nitrogen and oxygen atoms in total. The van der Waals surface area contributed by atoms with Crippen molar-refractivity contribution < 1.29 is 13.2 Å². The first-order valence-corrected chi connectivity index (χ1v) is 11.5. The van der Waals surface area contributed by atoms with Gasteiger partial charge in [0.05, 0.1) is 16.5 Å². The van der Waals surface area contributed by atoms with Crippen molar-refractivity contribution in [1.82, 2.24) is 24.5 Å². The SMILES string of the molecule is Cc1cccc(C)c1NC(=O)C1CCCN(S(=O)(=O)c2ccc(-n3cnnn3)cc2)C1. The lowest BCUT2D eigenvalue weighted by Crippen LogP contribution is -2.43. The Labute approximate surface area is 181 Å². The Balaban J connectivity index is 1.49. The van der Waals surface area contributed by atoms with E-state index in [2.05, 4.69) is 20.8 Å². The monoisotopic (exact) mass is 440 g/mol. The summed E-state index contributed by atoms with van der Waals surface area (Å²) in [4.78, 5) is 13.1. The van der Waals surface area contributed by atoms with Crippen LogP contribution in [0.2, 0.25) is 0 Å². The van der Waals surface area contributed by atoms with E-state index in [1.807, 2.05) is 32.0 Å². The van der Waals surface area contributed by atoms with E-state index in [9.17, 15) is 13.2 Å². The van der Waals surface area contributed by atoms with Gasteiger partial charge in [0.25, 0.3) is 0 Å². The van der Waals surface area contributed by atoms with Crippen LogP contribution in [-0.2, 0) is 14.8 Å². The van der Waals surface area contributed by atoms with Crippen molar-refractivity contribution in [2.45, 2.75) is 31.6 Å². The van der Waals surface area contributed by atoms with Gasteiger partial charge in [0.1, 0.15) is 6.33 Å². The maximum Gasteiger partial charge on any atom is 0.243 e. The lowest BCUT2D eigenvalue weighted by Gasteiger charge is -2.31. The number of anilines is 1. The van der Waals surface area contributed by atoms with E-state index in [0.29, 0.717) is 25.1 Å². The summed E-state index contributed by atoms with van der Waals surface area (Å²) in [6, 6.07) is 12.2. The van der Waals surface area contributed by atoms with Crippen LogP contribution in [0.4, 0.5) is 5.69 Å². The van der Waals surface area contributed by atoms with E-state index in [0.717, 1.165) is 16.8 Å². The van der Waals surface area contributed by atoms with Gasteiger partial charge in [0.2, 0.25) is 15.9 Å². The molecule has 1 atom stereocenters. The van der Waals surface area contributed by atoms with Crippen LogP contribution in [0.3, 0.4) is 0 Å². The van der Waals surface area contributed by atoms with Gasteiger partial charge in [-0.15, -0.1) is 5.10 Å². The molecule has 3 aromatic rings. The van der Waals surface area contributed by atoms with Crippen molar-refractivity contribution in [3.63, 3.8) is 0 Å². The summed E-state index contributed by atoms with van der Waals surface area (Å²) in [5.41, 5.74) is 3.42.